The molecule has 0 spiro atoms. The van der Waals surface area contributed by atoms with Crippen molar-refractivity contribution >= 4 is 17.8 Å². The molecule has 2 atom stereocenters. The molecule has 1 aliphatic carbocycles. The molecule has 0 N–H and O–H groups in total. The maximum Gasteiger partial charge on any atom is 0.387 e. The van der Waals surface area contributed by atoms with Crippen molar-refractivity contribution in [2.24, 2.45) is 5.92 Å². The van der Waals surface area contributed by atoms with Gasteiger partial charge in [0.1, 0.15) is 11.2 Å². The van der Waals surface area contributed by atoms with Crippen LogP contribution in [0.3, 0.4) is 0 Å². The van der Waals surface area contributed by atoms with E-state index in [9.17, 15) is 23.2 Å². The Kier molecular flexibility index (Phi) is 8.60. The van der Waals surface area contributed by atoms with Crippen LogP contribution in [0.25, 0.3) is 0 Å². The number of pyridine rings is 1. The van der Waals surface area contributed by atoms with Crippen LogP contribution < -0.4 is 14.2 Å². The highest BCUT2D eigenvalue weighted by atomic mass is 19.3. The van der Waals surface area contributed by atoms with Crippen LogP contribution in [-0.4, -0.2) is 71.0 Å². The van der Waals surface area contributed by atoms with E-state index in [1.807, 2.05) is 13.8 Å². The molecule has 1 aromatic carbocycles. The minimum atomic E-state index is -3.00. The molecule has 0 bridgehead atoms. The SMILES string of the molecule is CC(=O)N1CC(c2ccc(OC(F)F)c(OCC3CC3)c2)C[C@]1(C)C(=O)Oc1cccc(C(=O)N(C)C(C)C)n1. The molecular weight excluding hydrogens is 524 g/mol. The number of likely N-dealkylation sites (tertiary alicyclic amines) is 1. The van der Waals surface area contributed by atoms with Crippen LogP contribution in [0, 0.1) is 5.92 Å². The second-order valence-electron chi connectivity index (χ2n) is 10.9. The fourth-order valence-corrected chi connectivity index (χ4v) is 4.76. The van der Waals surface area contributed by atoms with Crippen LogP contribution in [0.4, 0.5) is 8.78 Å². The first-order chi connectivity index (χ1) is 18.9. The van der Waals surface area contributed by atoms with Crippen molar-refractivity contribution in [1.29, 1.82) is 0 Å². The number of esters is 1. The molecule has 1 saturated carbocycles. The van der Waals surface area contributed by atoms with E-state index in [4.69, 9.17) is 9.47 Å². The van der Waals surface area contributed by atoms with Gasteiger partial charge in [-0.25, -0.2) is 9.78 Å². The summed E-state index contributed by atoms with van der Waals surface area (Å²) in [5.74, 6) is -1.14. The van der Waals surface area contributed by atoms with E-state index in [1.54, 1.807) is 32.2 Å². The molecule has 11 heteroatoms. The van der Waals surface area contributed by atoms with Crippen molar-refractivity contribution in [3.8, 4) is 17.4 Å². The molecule has 0 radical (unpaired) electrons. The summed E-state index contributed by atoms with van der Waals surface area (Å²) in [5.41, 5.74) is -0.484. The number of amides is 2. The lowest BCUT2D eigenvalue weighted by molar-refractivity contribution is -0.152. The number of nitrogens with zero attached hydrogens (tertiary/aromatic N) is 3. The van der Waals surface area contributed by atoms with Gasteiger partial charge in [0.25, 0.3) is 5.91 Å². The lowest BCUT2D eigenvalue weighted by Crippen LogP contribution is -2.52. The van der Waals surface area contributed by atoms with Gasteiger partial charge in [0, 0.05) is 38.5 Å². The zero-order valence-corrected chi connectivity index (χ0v) is 23.4. The number of carbonyl (C=O) groups is 3. The normalized spacial score (nSPS) is 20.5. The maximum atomic E-state index is 13.5. The standard InChI is InChI=1S/C29H35F2N3O6/c1-17(2)33(5)26(36)22-7-6-8-25(32-22)40-27(37)29(4)14-21(15-34(29)18(3)35)20-11-12-23(39-28(30)31)24(13-20)38-16-19-9-10-19/h6-8,11-13,17,19,21,28H,9-10,14-16H2,1-5H3/t21?,29-/m1/s1. The zero-order valence-electron chi connectivity index (χ0n) is 23.4. The van der Waals surface area contributed by atoms with E-state index in [0.717, 1.165) is 18.4 Å². The molecule has 1 aromatic heterocycles. The summed E-state index contributed by atoms with van der Waals surface area (Å²) >= 11 is 0. The van der Waals surface area contributed by atoms with Crippen molar-refractivity contribution in [3.63, 3.8) is 0 Å². The topological polar surface area (TPSA) is 98.3 Å². The fraction of sp³-hybridized carbons (Fsp3) is 0.517. The van der Waals surface area contributed by atoms with Crippen molar-refractivity contribution in [2.75, 3.05) is 20.2 Å². The summed E-state index contributed by atoms with van der Waals surface area (Å²) in [6.45, 7) is 4.35. The molecule has 2 aliphatic rings. The second kappa shape index (κ2) is 11.8. The lowest BCUT2D eigenvalue weighted by Gasteiger charge is -2.31. The Balaban J connectivity index is 1.55. The number of benzene rings is 1. The molecule has 9 nitrogen and oxygen atoms in total. The third kappa shape index (κ3) is 6.51. The molecule has 40 heavy (non-hydrogen) atoms. The summed E-state index contributed by atoms with van der Waals surface area (Å²) in [6, 6.07) is 9.25. The highest BCUT2D eigenvalue weighted by molar-refractivity contribution is 5.93. The lowest BCUT2D eigenvalue weighted by atomic mass is 9.89. The molecule has 4 rings (SSSR count). The number of alkyl halides is 2. The predicted octanol–water partition coefficient (Wildman–Crippen LogP) is 4.65. The van der Waals surface area contributed by atoms with Gasteiger partial charge in [-0.05, 0) is 69.7 Å². The highest BCUT2D eigenvalue weighted by Crippen LogP contribution is 2.43. The zero-order chi connectivity index (χ0) is 29.2. The third-order valence-electron chi connectivity index (χ3n) is 7.52. The molecule has 2 fully saturated rings. The molecule has 1 saturated heterocycles. The summed E-state index contributed by atoms with van der Waals surface area (Å²) in [6.07, 6.45) is 2.28. The molecule has 216 valence electrons. The minimum absolute atomic E-state index is 0.0467. The van der Waals surface area contributed by atoms with Crippen LogP contribution >= 0.6 is 0 Å². The summed E-state index contributed by atoms with van der Waals surface area (Å²) in [4.78, 5) is 46.0. The van der Waals surface area contributed by atoms with Gasteiger partial charge in [-0.1, -0.05) is 12.1 Å². The van der Waals surface area contributed by atoms with E-state index < -0.39 is 18.1 Å². The fourth-order valence-electron chi connectivity index (χ4n) is 4.76. The van der Waals surface area contributed by atoms with E-state index in [1.165, 1.54) is 34.9 Å². The number of hydrogen-bond acceptors (Lipinski definition) is 7. The van der Waals surface area contributed by atoms with Gasteiger partial charge >= 0.3 is 12.6 Å². The highest BCUT2D eigenvalue weighted by Gasteiger charge is 2.51. The van der Waals surface area contributed by atoms with Crippen molar-refractivity contribution in [1.82, 2.24) is 14.8 Å². The van der Waals surface area contributed by atoms with Crippen LogP contribution in [0.1, 0.15) is 68.9 Å². The van der Waals surface area contributed by atoms with Gasteiger partial charge in [0.05, 0.1) is 6.61 Å². The number of carbonyl (C=O) groups excluding carboxylic acids is 3. The Morgan fingerprint density at radius 3 is 2.50 bits per heavy atom. The van der Waals surface area contributed by atoms with Gasteiger partial charge in [-0.2, -0.15) is 8.78 Å². The first-order valence-corrected chi connectivity index (χ1v) is 13.3. The van der Waals surface area contributed by atoms with Gasteiger partial charge < -0.3 is 24.0 Å². The second-order valence-corrected chi connectivity index (χ2v) is 10.9. The van der Waals surface area contributed by atoms with E-state index in [2.05, 4.69) is 9.72 Å². The van der Waals surface area contributed by atoms with Crippen molar-refractivity contribution in [3.05, 3.63) is 47.7 Å². The first kappa shape index (κ1) is 29.2. The Morgan fingerprint density at radius 1 is 1.15 bits per heavy atom. The number of ether oxygens (including phenoxy) is 3. The molecule has 2 aromatic rings. The van der Waals surface area contributed by atoms with E-state index in [0.29, 0.717) is 12.5 Å². The van der Waals surface area contributed by atoms with Crippen LogP contribution in [0.2, 0.25) is 0 Å². The first-order valence-electron chi connectivity index (χ1n) is 13.3. The average Bonchev–Trinajstić information content (AvgIpc) is 3.66. The number of halogens is 2. The number of rotatable bonds is 10. The largest absolute Gasteiger partial charge is 0.489 e. The smallest absolute Gasteiger partial charge is 0.387 e. The number of aromatic nitrogens is 1. The van der Waals surface area contributed by atoms with Crippen molar-refractivity contribution in [2.45, 2.75) is 71.1 Å². The van der Waals surface area contributed by atoms with Crippen molar-refractivity contribution < 1.29 is 37.4 Å². The van der Waals surface area contributed by atoms with E-state index in [-0.39, 0.29) is 59.8 Å². The van der Waals surface area contributed by atoms with E-state index >= 15 is 0 Å². The number of hydrogen-bond donors (Lipinski definition) is 0. The van der Waals surface area contributed by atoms with Crippen LogP contribution in [0.5, 0.6) is 17.4 Å². The third-order valence-corrected chi connectivity index (χ3v) is 7.52. The van der Waals surface area contributed by atoms with Crippen LogP contribution in [-0.2, 0) is 9.59 Å². The maximum absolute atomic E-state index is 13.5. The Hall–Kier alpha value is -3.76. The molecule has 1 aliphatic heterocycles. The van der Waals surface area contributed by atoms with Gasteiger partial charge in [0.15, 0.2) is 11.5 Å². The monoisotopic (exact) mass is 559 g/mol. The average molecular weight is 560 g/mol. The molecule has 2 heterocycles. The molecular formula is C29H35F2N3O6. The van der Waals surface area contributed by atoms with Crippen LogP contribution in [0.15, 0.2) is 36.4 Å². The van der Waals surface area contributed by atoms with Gasteiger partial charge in [0.2, 0.25) is 11.8 Å². The molecule has 1 unspecified atom stereocenters. The summed E-state index contributed by atoms with van der Waals surface area (Å²) in [5, 5.41) is 0. The predicted molar refractivity (Wildman–Crippen MR) is 142 cm³/mol. The minimum Gasteiger partial charge on any atom is -0.489 e. The quantitative estimate of drug-likeness (QED) is 0.391. The Bertz CT molecular complexity index is 1270. The summed E-state index contributed by atoms with van der Waals surface area (Å²) < 4.78 is 42.0. The summed E-state index contributed by atoms with van der Waals surface area (Å²) in [7, 11) is 1.66. The van der Waals surface area contributed by atoms with Gasteiger partial charge in [-0.15, -0.1) is 0 Å². The van der Waals surface area contributed by atoms with Gasteiger partial charge in [-0.3, -0.25) is 9.59 Å². The Labute approximate surface area is 232 Å². The molecule has 2 amide bonds. The Morgan fingerprint density at radius 2 is 1.88 bits per heavy atom.